The number of aryl methyl sites for hydroxylation is 2. The summed E-state index contributed by atoms with van der Waals surface area (Å²) >= 11 is 0. The fraction of sp³-hybridized carbons (Fsp3) is 0.800. The van der Waals surface area contributed by atoms with E-state index in [1.807, 2.05) is 4.68 Å². The van der Waals surface area contributed by atoms with Gasteiger partial charge in [-0.2, -0.15) is 5.10 Å². The second kappa shape index (κ2) is 3.83. The number of aromatic nitrogens is 2. The second-order valence-corrected chi connectivity index (χ2v) is 6.50. The summed E-state index contributed by atoms with van der Waals surface area (Å²) in [5.41, 5.74) is 2.55. The molecule has 0 spiro atoms. The number of hydrogen-bond donors (Lipinski definition) is 1. The quantitative estimate of drug-likeness (QED) is 0.880. The van der Waals surface area contributed by atoms with Crippen LogP contribution in [0.2, 0.25) is 0 Å². The zero-order chi connectivity index (χ0) is 12.3. The number of nitrogens with one attached hydrogen (secondary N) is 1. The first kappa shape index (κ1) is 11.0. The van der Waals surface area contributed by atoms with Crippen LogP contribution in [0.3, 0.4) is 0 Å². The summed E-state index contributed by atoms with van der Waals surface area (Å²) in [6, 6.07) is 3.08. The SMILES string of the molecule is CCc1cc(CNC2C3C4CCC(C4)C23)n(C)n1. The van der Waals surface area contributed by atoms with Crippen LogP contribution in [0, 0.1) is 23.7 Å². The van der Waals surface area contributed by atoms with Crippen molar-refractivity contribution in [3.63, 3.8) is 0 Å². The summed E-state index contributed by atoms with van der Waals surface area (Å²) in [6.45, 7) is 3.17. The van der Waals surface area contributed by atoms with Crippen LogP contribution in [0.5, 0.6) is 0 Å². The third-order valence-electron chi connectivity index (χ3n) is 5.64. The Bertz CT molecular complexity index is 448. The van der Waals surface area contributed by atoms with E-state index < -0.39 is 0 Å². The Hall–Kier alpha value is -0.830. The third kappa shape index (κ3) is 1.49. The van der Waals surface area contributed by atoms with Crippen molar-refractivity contribution >= 4 is 0 Å². The molecule has 4 unspecified atom stereocenters. The summed E-state index contributed by atoms with van der Waals surface area (Å²) in [4.78, 5) is 0. The summed E-state index contributed by atoms with van der Waals surface area (Å²) in [5, 5.41) is 8.31. The van der Waals surface area contributed by atoms with Crippen LogP contribution in [0.15, 0.2) is 6.07 Å². The van der Waals surface area contributed by atoms with Crippen molar-refractivity contribution in [3.8, 4) is 0 Å². The van der Waals surface area contributed by atoms with E-state index in [2.05, 4.69) is 30.5 Å². The molecule has 1 heterocycles. The van der Waals surface area contributed by atoms with Crippen molar-refractivity contribution in [2.45, 2.75) is 45.2 Å². The van der Waals surface area contributed by atoms with Crippen LogP contribution in [0.4, 0.5) is 0 Å². The predicted octanol–water partition coefficient (Wildman–Crippen LogP) is 2.12. The van der Waals surface area contributed by atoms with E-state index in [0.29, 0.717) is 0 Å². The van der Waals surface area contributed by atoms with Crippen LogP contribution < -0.4 is 5.32 Å². The Morgan fingerprint density at radius 3 is 2.67 bits per heavy atom. The first-order valence-electron chi connectivity index (χ1n) is 7.53. The van der Waals surface area contributed by atoms with Gasteiger partial charge in [0, 0.05) is 19.6 Å². The van der Waals surface area contributed by atoms with E-state index in [4.69, 9.17) is 0 Å². The number of rotatable bonds is 4. The molecule has 3 heteroatoms. The molecule has 0 amide bonds. The van der Waals surface area contributed by atoms with E-state index >= 15 is 0 Å². The molecule has 0 radical (unpaired) electrons. The van der Waals surface area contributed by atoms with Crippen LogP contribution in [0.1, 0.15) is 37.6 Å². The lowest BCUT2D eigenvalue weighted by atomic mass is 10.0. The molecular weight excluding hydrogens is 222 g/mol. The first-order chi connectivity index (χ1) is 8.78. The molecular formula is C15H23N3. The molecule has 1 aromatic heterocycles. The molecule has 4 atom stereocenters. The maximum Gasteiger partial charge on any atom is 0.0625 e. The number of hydrogen-bond acceptors (Lipinski definition) is 2. The van der Waals surface area contributed by atoms with Crippen molar-refractivity contribution in [1.82, 2.24) is 15.1 Å². The largest absolute Gasteiger partial charge is 0.308 e. The maximum absolute atomic E-state index is 4.52. The summed E-state index contributed by atoms with van der Waals surface area (Å²) in [6.07, 6.45) is 5.59. The fourth-order valence-corrected chi connectivity index (χ4v) is 4.73. The van der Waals surface area contributed by atoms with Crippen molar-refractivity contribution in [2.75, 3.05) is 0 Å². The molecule has 4 rings (SSSR count). The van der Waals surface area contributed by atoms with Crippen molar-refractivity contribution in [1.29, 1.82) is 0 Å². The lowest BCUT2D eigenvalue weighted by Gasteiger charge is -2.10. The molecule has 98 valence electrons. The van der Waals surface area contributed by atoms with Gasteiger partial charge in [-0.25, -0.2) is 0 Å². The third-order valence-corrected chi connectivity index (χ3v) is 5.64. The van der Waals surface area contributed by atoms with Gasteiger partial charge in [-0.15, -0.1) is 0 Å². The van der Waals surface area contributed by atoms with Gasteiger partial charge in [0.15, 0.2) is 0 Å². The molecule has 3 nitrogen and oxygen atoms in total. The van der Waals surface area contributed by atoms with Crippen molar-refractivity contribution in [3.05, 3.63) is 17.5 Å². The molecule has 1 aromatic rings. The number of fused-ring (bicyclic) bond motifs is 5. The Kier molecular flexibility index (Phi) is 2.35. The Balaban J connectivity index is 1.38. The van der Waals surface area contributed by atoms with Crippen LogP contribution in [-0.4, -0.2) is 15.8 Å². The van der Waals surface area contributed by atoms with E-state index in [-0.39, 0.29) is 0 Å². The van der Waals surface area contributed by atoms with Gasteiger partial charge in [0.1, 0.15) is 0 Å². The Morgan fingerprint density at radius 2 is 2.06 bits per heavy atom. The molecule has 3 aliphatic carbocycles. The van der Waals surface area contributed by atoms with E-state index in [1.165, 1.54) is 24.2 Å². The van der Waals surface area contributed by atoms with Gasteiger partial charge in [-0.3, -0.25) is 4.68 Å². The highest BCUT2D eigenvalue weighted by atomic mass is 15.3. The highest BCUT2D eigenvalue weighted by Gasteiger charge is 2.64. The van der Waals surface area contributed by atoms with Crippen LogP contribution in [0.25, 0.3) is 0 Å². The van der Waals surface area contributed by atoms with Gasteiger partial charge < -0.3 is 5.32 Å². The first-order valence-corrected chi connectivity index (χ1v) is 7.53. The fourth-order valence-electron chi connectivity index (χ4n) is 4.73. The maximum atomic E-state index is 4.52. The summed E-state index contributed by atoms with van der Waals surface area (Å²) < 4.78 is 2.04. The van der Waals surface area contributed by atoms with E-state index in [0.717, 1.165) is 42.7 Å². The predicted molar refractivity (Wildman–Crippen MR) is 71.0 cm³/mol. The van der Waals surface area contributed by atoms with E-state index in [9.17, 15) is 0 Å². The number of nitrogens with zero attached hydrogens (tertiary/aromatic N) is 2. The zero-order valence-corrected chi connectivity index (χ0v) is 11.4. The lowest BCUT2D eigenvalue weighted by Crippen LogP contribution is -2.23. The normalized spacial score (nSPS) is 40.2. The topological polar surface area (TPSA) is 29.9 Å². The zero-order valence-electron chi connectivity index (χ0n) is 11.4. The molecule has 3 aliphatic rings. The molecule has 0 saturated heterocycles. The van der Waals surface area contributed by atoms with Crippen LogP contribution >= 0.6 is 0 Å². The Morgan fingerprint density at radius 1 is 1.33 bits per heavy atom. The highest BCUT2D eigenvalue weighted by Crippen LogP contribution is 2.65. The van der Waals surface area contributed by atoms with Crippen molar-refractivity contribution < 1.29 is 0 Å². The monoisotopic (exact) mass is 245 g/mol. The molecule has 2 bridgehead atoms. The highest BCUT2D eigenvalue weighted by molar-refractivity contribution is 5.18. The van der Waals surface area contributed by atoms with Crippen LogP contribution in [-0.2, 0) is 20.0 Å². The van der Waals surface area contributed by atoms with Crippen molar-refractivity contribution in [2.24, 2.45) is 30.7 Å². The minimum atomic E-state index is 0.830. The van der Waals surface area contributed by atoms with Gasteiger partial charge in [0.05, 0.1) is 11.4 Å². The summed E-state index contributed by atoms with van der Waals surface area (Å²) in [5.74, 6) is 4.19. The average Bonchev–Trinajstić information content (AvgIpc) is 2.73. The van der Waals surface area contributed by atoms with Gasteiger partial charge in [-0.1, -0.05) is 6.92 Å². The smallest absolute Gasteiger partial charge is 0.0625 e. The molecule has 3 saturated carbocycles. The summed E-state index contributed by atoms with van der Waals surface area (Å²) in [7, 11) is 2.06. The van der Waals surface area contributed by atoms with E-state index in [1.54, 1.807) is 6.42 Å². The molecule has 3 fully saturated rings. The molecule has 1 N–H and O–H groups in total. The molecule has 0 aliphatic heterocycles. The lowest BCUT2D eigenvalue weighted by molar-refractivity contribution is 0.456. The van der Waals surface area contributed by atoms with Gasteiger partial charge >= 0.3 is 0 Å². The Labute approximate surface area is 109 Å². The van der Waals surface area contributed by atoms with Gasteiger partial charge in [0.25, 0.3) is 0 Å². The standard InChI is InChI=1S/C15H23N3/c1-3-11-7-12(18(2)17-11)8-16-15-13-9-4-5-10(6-9)14(13)15/h7,9-10,13-16H,3-6,8H2,1-2H3. The molecule has 18 heavy (non-hydrogen) atoms. The van der Waals surface area contributed by atoms with Gasteiger partial charge in [0.2, 0.25) is 0 Å². The minimum Gasteiger partial charge on any atom is -0.308 e. The minimum absolute atomic E-state index is 0.830. The van der Waals surface area contributed by atoms with Gasteiger partial charge in [-0.05, 0) is 55.4 Å². The second-order valence-electron chi connectivity index (χ2n) is 6.50. The average molecular weight is 245 g/mol. The molecule has 0 aromatic carbocycles.